The molecule has 2 aromatic carbocycles. The van der Waals surface area contributed by atoms with E-state index in [0.29, 0.717) is 34.6 Å². The third kappa shape index (κ3) is 5.95. The van der Waals surface area contributed by atoms with Crippen LogP contribution in [0.1, 0.15) is 48.7 Å². The number of aryl methyl sites for hydroxylation is 2. The summed E-state index contributed by atoms with van der Waals surface area (Å²) in [7, 11) is 0. The second-order valence-electron chi connectivity index (χ2n) is 6.86. The summed E-state index contributed by atoms with van der Waals surface area (Å²) in [5, 5.41) is 0. The second kappa shape index (κ2) is 9.70. The molecule has 28 heavy (non-hydrogen) atoms. The van der Waals surface area contributed by atoms with Crippen molar-refractivity contribution in [2.75, 3.05) is 0 Å². The molecule has 2 rings (SSSR count). The molecule has 146 valence electrons. The van der Waals surface area contributed by atoms with Crippen LogP contribution >= 0.6 is 0 Å². The Morgan fingerprint density at radius 3 is 2.18 bits per heavy atom. The Balaban J connectivity index is 2.10. The minimum Gasteiger partial charge on any atom is -0.423 e. The average Bonchev–Trinajstić information content (AvgIpc) is 2.64. The van der Waals surface area contributed by atoms with Crippen molar-refractivity contribution < 1.29 is 19.1 Å². The van der Waals surface area contributed by atoms with Crippen molar-refractivity contribution in [2.45, 2.75) is 41.0 Å². The van der Waals surface area contributed by atoms with Crippen molar-refractivity contribution in [1.29, 1.82) is 0 Å². The summed E-state index contributed by atoms with van der Waals surface area (Å²) >= 11 is 0. The van der Waals surface area contributed by atoms with Gasteiger partial charge in [-0.2, -0.15) is 0 Å². The molecule has 0 atom stereocenters. The Bertz CT molecular complexity index is 914. The quantitative estimate of drug-likeness (QED) is 0.279. The normalized spacial score (nSPS) is 11.0. The highest BCUT2D eigenvalue weighted by Crippen LogP contribution is 2.25. The van der Waals surface area contributed by atoms with Crippen molar-refractivity contribution in [3.8, 4) is 11.5 Å². The maximum atomic E-state index is 12.4. The van der Waals surface area contributed by atoms with E-state index in [1.807, 2.05) is 45.9 Å². The molecule has 0 saturated carbocycles. The molecular formula is C24H26O4. The van der Waals surface area contributed by atoms with E-state index in [4.69, 9.17) is 9.47 Å². The van der Waals surface area contributed by atoms with Gasteiger partial charge in [-0.1, -0.05) is 42.3 Å². The summed E-state index contributed by atoms with van der Waals surface area (Å²) in [5.74, 6) is 0.0323. The monoisotopic (exact) mass is 378 g/mol. The zero-order chi connectivity index (χ0) is 20.7. The molecule has 0 spiro atoms. The molecule has 0 unspecified atom stereocenters. The molecule has 0 radical (unpaired) electrons. The first kappa shape index (κ1) is 21.2. The van der Waals surface area contributed by atoms with Crippen LogP contribution in [0.15, 0.2) is 65.8 Å². The maximum Gasteiger partial charge on any atom is 0.343 e. The van der Waals surface area contributed by atoms with E-state index in [9.17, 15) is 9.59 Å². The summed E-state index contributed by atoms with van der Waals surface area (Å²) in [4.78, 5) is 24.6. The molecule has 0 amide bonds. The maximum absolute atomic E-state index is 12.4. The first-order chi connectivity index (χ1) is 13.3. The molecule has 0 N–H and O–H groups in total. The number of rotatable bonds is 6. The van der Waals surface area contributed by atoms with E-state index in [1.165, 1.54) is 0 Å². The largest absolute Gasteiger partial charge is 0.423 e. The Morgan fingerprint density at radius 2 is 1.61 bits per heavy atom. The van der Waals surface area contributed by atoms with Crippen LogP contribution in [0.2, 0.25) is 0 Å². The standard InChI is InChI=1S/C24H26O4/c1-6-19(10-7-16(2)3)23(25)28-22-14-13-21(15-18(22)5)27-24(26)20-11-8-17(4)9-12-20/h7-15H,6H2,1-5H3/b19-10+. The highest BCUT2D eigenvalue weighted by atomic mass is 16.5. The molecule has 0 aromatic heterocycles. The molecular weight excluding hydrogens is 352 g/mol. The van der Waals surface area contributed by atoms with Gasteiger partial charge in [-0.25, -0.2) is 9.59 Å². The zero-order valence-corrected chi connectivity index (χ0v) is 17.0. The molecule has 2 aromatic rings. The van der Waals surface area contributed by atoms with Crippen LogP contribution < -0.4 is 9.47 Å². The number of allylic oxidation sites excluding steroid dienone is 3. The lowest BCUT2D eigenvalue weighted by Gasteiger charge is -2.11. The molecule has 0 heterocycles. The third-order valence-electron chi connectivity index (χ3n) is 4.11. The summed E-state index contributed by atoms with van der Waals surface area (Å²) in [6, 6.07) is 12.1. The minimum atomic E-state index is -0.429. The van der Waals surface area contributed by atoms with Gasteiger partial charge < -0.3 is 9.47 Å². The van der Waals surface area contributed by atoms with Crippen LogP contribution in [-0.4, -0.2) is 11.9 Å². The lowest BCUT2D eigenvalue weighted by Crippen LogP contribution is -2.12. The lowest BCUT2D eigenvalue weighted by molar-refractivity contribution is -0.130. The van der Waals surface area contributed by atoms with Crippen molar-refractivity contribution in [3.63, 3.8) is 0 Å². The van der Waals surface area contributed by atoms with E-state index in [1.54, 1.807) is 43.3 Å². The van der Waals surface area contributed by atoms with Crippen LogP contribution in [0.4, 0.5) is 0 Å². The van der Waals surface area contributed by atoms with E-state index in [-0.39, 0.29) is 5.97 Å². The lowest BCUT2D eigenvalue weighted by atomic mass is 10.1. The Labute approximate surface area is 166 Å². The van der Waals surface area contributed by atoms with Gasteiger partial charge >= 0.3 is 11.9 Å². The number of hydrogen-bond donors (Lipinski definition) is 0. The fraction of sp³-hybridized carbons (Fsp3) is 0.250. The summed E-state index contributed by atoms with van der Waals surface area (Å²) < 4.78 is 10.9. The Morgan fingerprint density at radius 1 is 0.929 bits per heavy atom. The topological polar surface area (TPSA) is 52.6 Å². The summed E-state index contributed by atoms with van der Waals surface area (Å²) in [6.07, 6.45) is 4.25. The van der Waals surface area contributed by atoms with Crippen molar-refractivity contribution in [3.05, 3.63) is 82.5 Å². The fourth-order valence-electron chi connectivity index (χ4n) is 2.42. The SMILES string of the molecule is CC/C(=C\C=C(C)C)C(=O)Oc1ccc(OC(=O)c2ccc(C)cc2)cc1C. The number of carbonyl (C=O) groups is 2. The van der Waals surface area contributed by atoms with Gasteiger partial charge in [0, 0.05) is 5.57 Å². The first-order valence-electron chi connectivity index (χ1n) is 9.26. The van der Waals surface area contributed by atoms with Crippen molar-refractivity contribution in [2.24, 2.45) is 0 Å². The highest BCUT2D eigenvalue weighted by Gasteiger charge is 2.13. The molecule has 0 aliphatic heterocycles. The van der Waals surface area contributed by atoms with Crippen LogP contribution in [0.25, 0.3) is 0 Å². The Hall–Kier alpha value is -3.14. The number of carbonyl (C=O) groups excluding carboxylic acids is 2. The van der Waals surface area contributed by atoms with Gasteiger partial charge in [-0.05, 0) is 70.0 Å². The van der Waals surface area contributed by atoms with Gasteiger partial charge in [0.25, 0.3) is 0 Å². The minimum absolute atomic E-state index is 0.382. The van der Waals surface area contributed by atoms with Crippen molar-refractivity contribution >= 4 is 11.9 Å². The smallest absolute Gasteiger partial charge is 0.343 e. The third-order valence-corrected chi connectivity index (χ3v) is 4.11. The molecule has 0 aliphatic carbocycles. The summed E-state index contributed by atoms with van der Waals surface area (Å²) in [6.45, 7) is 9.60. The van der Waals surface area contributed by atoms with Gasteiger partial charge in [0.05, 0.1) is 5.56 Å². The fourth-order valence-corrected chi connectivity index (χ4v) is 2.42. The molecule has 0 fully saturated rings. The van der Waals surface area contributed by atoms with Crippen LogP contribution in [0, 0.1) is 13.8 Å². The highest BCUT2D eigenvalue weighted by molar-refractivity contribution is 5.91. The van der Waals surface area contributed by atoms with Crippen LogP contribution in [0.5, 0.6) is 11.5 Å². The van der Waals surface area contributed by atoms with Gasteiger partial charge in [0.15, 0.2) is 0 Å². The number of hydrogen-bond acceptors (Lipinski definition) is 4. The summed E-state index contributed by atoms with van der Waals surface area (Å²) in [5.41, 5.74) is 3.96. The van der Waals surface area contributed by atoms with Crippen molar-refractivity contribution in [1.82, 2.24) is 0 Å². The van der Waals surface area contributed by atoms with Crippen LogP contribution in [0.3, 0.4) is 0 Å². The predicted molar refractivity (Wildman–Crippen MR) is 111 cm³/mol. The number of ether oxygens (including phenoxy) is 2. The molecule has 4 heteroatoms. The zero-order valence-electron chi connectivity index (χ0n) is 17.0. The molecule has 4 nitrogen and oxygen atoms in total. The van der Waals surface area contributed by atoms with Crippen LogP contribution in [-0.2, 0) is 4.79 Å². The second-order valence-corrected chi connectivity index (χ2v) is 6.86. The molecule has 0 bridgehead atoms. The van der Waals surface area contributed by atoms with Gasteiger partial charge in [0.2, 0.25) is 0 Å². The van der Waals surface area contributed by atoms with E-state index < -0.39 is 5.97 Å². The predicted octanol–water partition coefficient (Wildman–Crippen LogP) is 5.73. The average molecular weight is 378 g/mol. The first-order valence-corrected chi connectivity index (χ1v) is 9.26. The molecule has 0 aliphatic rings. The van der Waals surface area contributed by atoms with Gasteiger partial charge in [0.1, 0.15) is 11.5 Å². The Kier molecular flexibility index (Phi) is 7.33. The van der Waals surface area contributed by atoms with E-state index in [0.717, 1.165) is 11.1 Å². The van der Waals surface area contributed by atoms with Gasteiger partial charge in [-0.15, -0.1) is 0 Å². The van der Waals surface area contributed by atoms with Gasteiger partial charge in [-0.3, -0.25) is 0 Å². The van der Waals surface area contributed by atoms with E-state index in [2.05, 4.69) is 0 Å². The number of benzene rings is 2. The number of esters is 2. The molecule has 0 saturated heterocycles. The van der Waals surface area contributed by atoms with E-state index >= 15 is 0 Å².